The van der Waals surface area contributed by atoms with Crippen molar-refractivity contribution < 1.29 is 20.8 Å². The lowest BCUT2D eigenvalue weighted by molar-refractivity contribution is -0.117. The van der Waals surface area contributed by atoms with E-state index >= 15 is 0 Å². The Kier molecular flexibility index (Phi) is 8.64. The third kappa shape index (κ3) is 6.93. The minimum Gasteiger partial charge on any atom is -0.378 e. The minimum absolute atomic E-state index is 0. The van der Waals surface area contributed by atoms with E-state index in [2.05, 4.69) is 15.0 Å². The number of benzene rings is 2. The van der Waals surface area contributed by atoms with Crippen LogP contribution in [-0.4, -0.2) is 45.6 Å². The molecule has 35 heavy (non-hydrogen) atoms. The predicted molar refractivity (Wildman–Crippen MR) is 143 cm³/mol. The van der Waals surface area contributed by atoms with Crippen LogP contribution in [0.25, 0.3) is 0 Å². The molecule has 190 valence electrons. The molecule has 8 nitrogen and oxygen atoms in total. The summed E-state index contributed by atoms with van der Waals surface area (Å²) in [7, 11) is -3.64. The first-order valence-corrected chi connectivity index (χ1v) is 14.0. The molecule has 12 heteroatoms. The van der Waals surface area contributed by atoms with Gasteiger partial charge in [0.05, 0.1) is 24.2 Å². The number of halogens is 2. The Morgan fingerprint density at radius 3 is 2.49 bits per heavy atom. The fraction of sp³-hybridized carbons (Fsp3) is 0.304. The van der Waals surface area contributed by atoms with Gasteiger partial charge in [0.2, 0.25) is 5.91 Å². The molecule has 1 amide bonds. The number of thiazole rings is 1. The van der Waals surface area contributed by atoms with Crippen molar-refractivity contribution in [1.29, 1.82) is 0 Å². The summed E-state index contributed by atoms with van der Waals surface area (Å²) >= 11 is 13.0. The molecule has 1 aromatic heterocycles. The van der Waals surface area contributed by atoms with Crippen molar-refractivity contribution in [3.63, 3.8) is 0 Å². The van der Waals surface area contributed by atoms with E-state index < -0.39 is 10.0 Å². The summed E-state index contributed by atoms with van der Waals surface area (Å²) < 4.78 is 32.1. The van der Waals surface area contributed by atoms with E-state index in [1.54, 1.807) is 28.5 Å². The lowest BCUT2D eigenvalue weighted by Crippen LogP contribution is -2.34. The van der Waals surface area contributed by atoms with E-state index in [0.717, 1.165) is 30.8 Å². The van der Waals surface area contributed by atoms with Crippen LogP contribution in [0.1, 0.15) is 27.3 Å². The Bertz CT molecular complexity index is 1240. The van der Waals surface area contributed by atoms with Gasteiger partial charge in [-0.3, -0.25) is 9.52 Å². The molecule has 2 fully saturated rings. The van der Waals surface area contributed by atoms with Crippen molar-refractivity contribution in [1.82, 2.24) is 10.3 Å². The van der Waals surface area contributed by atoms with Gasteiger partial charge in [0.15, 0.2) is 5.13 Å². The van der Waals surface area contributed by atoms with Gasteiger partial charge in [-0.25, -0.2) is 13.4 Å². The molecule has 1 unspecified atom stereocenters. The highest BCUT2D eigenvalue weighted by atomic mass is 35.5. The molecule has 3 heterocycles. The number of anilines is 2. The van der Waals surface area contributed by atoms with Crippen LogP contribution in [-0.2, 0) is 19.6 Å². The number of nitrogens with zero attached hydrogens (tertiary/aromatic N) is 2. The number of sulfonamides is 1. The number of morpholine rings is 1. The molecule has 0 spiro atoms. The predicted octanol–water partition coefficient (Wildman–Crippen LogP) is 5.22. The monoisotopic (exact) mass is 558 g/mol. The first kappa shape index (κ1) is 25.9. The summed E-state index contributed by atoms with van der Waals surface area (Å²) in [5.74, 6) is 0.0755. The summed E-state index contributed by atoms with van der Waals surface area (Å²) in [6.07, 6.45) is 2.92. The maximum atomic E-state index is 12.2. The van der Waals surface area contributed by atoms with Crippen LogP contribution in [0.15, 0.2) is 58.9 Å². The van der Waals surface area contributed by atoms with Crippen molar-refractivity contribution in [3.8, 4) is 0 Å². The minimum atomic E-state index is -3.64. The zero-order chi connectivity index (χ0) is 24.8. The van der Waals surface area contributed by atoms with Gasteiger partial charge >= 0.3 is 0 Å². The van der Waals surface area contributed by atoms with E-state index in [0.29, 0.717) is 34.7 Å². The lowest BCUT2D eigenvalue weighted by atomic mass is 10.1. The van der Waals surface area contributed by atoms with Crippen molar-refractivity contribution in [3.05, 3.63) is 69.7 Å². The van der Waals surface area contributed by atoms with Crippen LogP contribution >= 0.6 is 34.5 Å². The Balaban J connectivity index is 0.000000265. The molecule has 5 rings (SSSR count). The fourth-order valence-electron chi connectivity index (χ4n) is 3.73. The van der Waals surface area contributed by atoms with Crippen LogP contribution in [0.5, 0.6) is 0 Å². The van der Waals surface area contributed by atoms with Gasteiger partial charge in [-0.15, -0.1) is 11.3 Å². The van der Waals surface area contributed by atoms with E-state index in [-0.39, 0.29) is 19.7 Å². The molecule has 1 atom stereocenters. The third-order valence-electron chi connectivity index (χ3n) is 5.40. The standard InChI is InChI=1S/C13H13N3O3S2.C10H11Cl2NO.2H2/c17-12-2-1-8-16(12)10-3-5-11(6-4-10)21(18,19)15-13-14-7-9-20-13;11-8-3-7(4-9(12)5-8)10-6-14-2-1-13-10;;/h3-7,9H,1-2,8H2,(H,14,15);3-5,10,13H,1-2,6H2;2*1H. The van der Waals surface area contributed by atoms with Crippen molar-refractivity contribution >= 4 is 61.3 Å². The van der Waals surface area contributed by atoms with Crippen molar-refractivity contribution in [2.24, 2.45) is 0 Å². The Morgan fingerprint density at radius 2 is 1.91 bits per heavy atom. The van der Waals surface area contributed by atoms with Crippen LogP contribution in [0.4, 0.5) is 10.8 Å². The molecule has 0 radical (unpaired) electrons. The molecule has 2 aliphatic rings. The number of carbonyl (C=O) groups excluding carboxylic acids is 1. The zero-order valence-corrected chi connectivity index (χ0v) is 21.8. The quantitative estimate of drug-likeness (QED) is 0.445. The largest absolute Gasteiger partial charge is 0.378 e. The van der Waals surface area contributed by atoms with Gasteiger partial charge in [0, 0.05) is 49.7 Å². The molecule has 0 bridgehead atoms. The van der Waals surface area contributed by atoms with Gasteiger partial charge in [-0.2, -0.15) is 0 Å². The maximum Gasteiger partial charge on any atom is 0.263 e. The lowest BCUT2D eigenvalue weighted by Gasteiger charge is -2.24. The summed E-state index contributed by atoms with van der Waals surface area (Å²) in [6, 6.07) is 12.1. The number of nitrogens with one attached hydrogen (secondary N) is 2. The normalized spacial score (nSPS) is 18.2. The number of rotatable bonds is 5. The van der Waals surface area contributed by atoms with Gasteiger partial charge in [0.25, 0.3) is 10.0 Å². The number of hydrogen-bond acceptors (Lipinski definition) is 7. The van der Waals surface area contributed by atoms with Crippen LogP contribution in [0.2, 0.25) is 10.0 Å². The summed E-state index contributed by atoms with van der Waals surface area (Å²) in [4.78, 5) is 17.4. The number of aromatic nitrogens is 1. The maximum absolute atomic E-state index is 12.2. The Morgan fingerprint density at radius 1 is 1.17 bits per heavy atom. The molecule has 2 aliphatic heterocycles. The fourth-order valence-corrected chi connectivity index (χ4v) is 6.06. The zero-order valence-electron chi connectivity index (χ0n) is 18.6. The van der Waals surface area contributed by atoms with Gasteiger partial charge in [0.1, 0.15) is 0 Å². The summed E-state index contributed by atoms with van der Waals surface area (Å²) in [5, 5.41) is 6.70. The topological polar surface area (TPSA) is 101 Å². The molecule has 0 aliphatic carbocycles. The highest BCUT2D eigenvalue weighted by molar-refractivity contribution is 7.93. The molecule has 2 saturated heterocycles. The second kappa shape index (κ2) is 11.7. The first-order chi connectivity index (χ1) is 16.8. The molecule has 2 aromatic carbocycles. The number of ether oxygens (including phenoxy) is 1. The smallest absolute Gasteiger partial charge is 0.263 e. The van der Waals surface area contributed by atoms with Gasteiger partial charge in [-0.05, 0) is 54.4 Å². The number of hydrogen-bond donors (Lipinski definition) is 2. The van der Waals surface area contributed by atoms with Crippen LogP contribution in [0, 0.1) is 0 Å². The average Bonchev–Trinajstić information content (AvgIpc) is 3.51. The van der Waals surface area contributed by atoms with Crippen LogP contribution in [0.3, 0.4) is 0 Å². The summed E-state index contributed by atoms with van der Waals surface area (Å²) in [5.41, 5.74) is 1.81. The molecular formula is C23H28Cl2N4O4S2. The van der Waals surface area contributed by atoms with Crippen LogP contribution < -0.4 is 14.9 Å². The highest BCUT2D eigenvalue weighted by Gasteiger charge is 2.22. The second-order valence-electron chi connectivity index (χ2n) is 7.87. The Hall–Kier alpha value is -2.21. The van der Waals surface area contributed by atoms with Gasteiger partial charge in [-0.1, -0.05) is 23.2 Å². The molecule has 2 N–H and O–H groups in total. The third-order valence-corrected chi connectivity index (χ3v) is 8.00. The molecule has 3 aromatic rings. The molecule has 0 saturated carbocycles. The number of carbonyl (C=O) groups is 1. The average molecular weight is 560 g/mol. The van der Waals surface area contributed by atoms with E-state index in [1.165, 1.54) is 29.7 Å². The van der Waals surface area contributed by atoms with Crippen molar-refractivity contribution in [2.45, 2.75) is 23.8 Å². The number of amides is 1. The van der Waals surface area contributed by atoms with E-state index in [1.807, 2.05) is 12.1 Å². The molecular weight excluding hydrogens is 531 g/mol. The van der Waals surface area contributed by atoms with Gasteiger partial charge < -0.3 is 15.0 Å². The first-order valence-electron chi connectivity index (χ1n) is 10.9. The SMILES string of the molecule is Clc1cc(Cl)cc(C2COCCN2)c1.O=C1CCCN1c1ccc(S(=O)(=O)Nc2nccs2)cc1.[HH].[HH]. The van der Waals surface area contributed by atoms with E-state index in [9.17, 15) is 13.2 Å². The highest BCUT2D eigenvalue weighted by Crippen LogP contribution is 2.25. The van der Waals surface area contributed by atoms with Crippen molar-refractivity contribution in [2.75, 3.05) is 35.9 Å². The Labute approximate surface area is 221 Å². The van der Waals surface area contributed by atoms with E-state index in [4.69, 9.17) is 27.9 Å². The second-order valence-corrected chi connectivity index (χ2v) is 11.3. The summed E-state index contributed by atoms with van der Waals surface area (Å²) in [6.45, 7) is 3.00.